The highest BCUT2D eigenvalue weighted by molar-refractivity contribution is 6.30. The van der Waals surface area contributed by atoms with E-state index in [2.05, 4.69) is 16.5 Å². The fourth-order valence-corrected chi connectivity index (χ4v) is 3.63. The molecule has 1 amide bonds. The first-order valence-electron chi connectivity index (χ1n) is 8.13. The predicted molar refractivity (Wildman–Crippen MR) is 101 cm³/mol. The predicted octanol–water partition coefficient (Wildman–Crippen LogP) is 5.23. The third-order valence-electron chi connectivity index (χ3n) is 4.72. The Morgan fingerprint density at radius 3 is 2.68 bits per heavy atom. The molecular weight excluding hydrogens is 357 g/mol. The quantitative estimate of drug-likeness (QED) is 0.542. The topological polar surface area (TPSA) is 46.1 Å². The van der Waals surface area contributed by atoms with Crippen LogP contribution in [-0.2, 0) is 4.79 Å². The summed E-state index contributed by atoms with van der Waals surface area (Å²) in [5.41, 5.74) is 0.524. The zero-order valence-corrected chi connectivity index (χ0v) is 15.5. The van der Waals surface area contributed by atoms with Gasteiger partial charge in [-0.25, -0.2) is 9.97 Å². The number of anilines is 1. The van der Waals surface area contributed by atoms with Crippen LogP contribution in [0.4, 0.5) is 5.82 Å². The number of halogens is 2. The van der Waals surface area contributed by atoms with Crippen molar-refractivity contribution in [3.05, 3.63) is 65.1 Å². The van der Waals surface area contributed by atoms with Crippen molar-refractivity contribution in [3.8, 4) is 0 Å². The molecule has 0 saturated carbocycles. The number of nitrogens with zero attached hydrogens (tertiary/aromatic N) is 3. The van der Waals surface area contributed by atoms with Crippen LogP contribution in [0.5, 0.6) is 0 Å². The van der Waals surface area contributed by atoms with E-state index in [1.165, 1.54) is 0 Å². The molecule has 1 unspecified atom stereocenters. The minimum Gasteiger partial charge on any atom is -0.289 e. The molecule has 1 aromatic carbocycles. The van der Waals surface area contributed by atoms with E-state index in [4.69, 9.17) is 23.2 Å². The highest BCUT2D eigenvalue weighted by atomic mass is 35.5. The maximum absolute atomic E-state index is 13.3. The Hall–Kier alpha value is -1.91. The van der Waals surface area contributed by atoms with Gasteiger partial charge in [-0.2, -0.15) is 0 Å². The number of amides is 1. The third-order valence-corrected chi connectivity index (χ3v) is 5.16. The molecule has 0 bridgehead atoms. The first-order chi connectivity index (χ1) is 11.9. The number of hydrogen-bond donors (Lipinski definition) is 0. The van der Waals surface area contributed by atoms with Gasteiger partial charge in [-0.05, 0) is 54.6 Å². The summed E-state index contributed by atoms with van der Waals surface area (Å²) in [5.74, 6) is 0.535. The molecule has 0 spiro atoms. The van der Waals surface area contributed by atoms with Gasteiger partial charge in [0.2, 0.25) is 11.2 Å². The summed E-state index contributed by atoms with van der Waals surface area (Å²) in [6, 6.07) is 9.17. The maximum Gasteiger partial charge on any atom is 0.234 e. The molecule has 130 valence electrons. The fourth-order valence-electron chi connectivity index (χ4n) is 3.36. The molecule has 2 heterocycles. The van der Waals surface area contributed by atoms with Gasteiger partial charge < -0.3 is 0 Å². The van der Waals surface area contributed by atoms with E-state index in [1.807, 2.05) is 31.2 Å². The molecule has 1 fully saturated rings. The first kappa shape index (κ1) is 17.9. The lowest BCUT2D eigenvalue weighted by atomic mass is 9.75. The Morgan fingerprint density at radius 2 is 2.04 bits per heavy atom. The number of hydrogen-bond acceptors (Lipinski definition) is 3. The van der Waals surface area contributed by atoms with E-state index in [9.17, 15) is 4.79 Å². The summed E-state index contributed by atoms with van der Waals surface area (Å²) >= 11 is 12.0. The lowest BCUT2D eigenvalue weighted by Crippen LogP contribution is -2.49. The van der Waals surface area contributed by atoms with Crippen LogP contribution in [0.1, 0.15) is 37.8 Å². The van der Waals surface area contributed by atoms with Crippen LogP contribution in [-0.4, -0.2) is 15.9 Å². The molecule has 1 aliphatic rings. The van der Waals surface area contributed by atoms with Crippen LogP contribution in [0.2, 0.25) is 10.3 Å². The lowest BCUT2D eigenvalue weighted by Gasteiger charge is -2.44. The zero-order valence-electron chi connectivity index (χ0n) is 14.0. The first-order valence-corrected chi connectivity index (χ1v) is 8.89. The van der Waals surface area contributed by atoms with E-state index in [-0.39, 0.29) is 17.2 Å². The van der Waals surface area contributed by atoms with E-state index in [0.29, 0.717) is 17.3 Å². The van der Waals surface area contributed by atoms with Gasteiger partial charge in [-0.15, -0.1) is 6.58 Å². The third kappa shape index (κ3) is 3.55. The fraction of sp³-hybridized carbons (Fsp3) is 0.316. The van der Waals surface area contributed by atoms with Crippen LogP contribution in [0, 0.1) is 5.41 Å². The van der Waals surface area contributed by atoms with Crippen LogP contribution >= 0.6 is 23.2 Å². The Labute approximate surface area is 157 Å². The number of benzene rings is 1. The highest BCUT2D eigenvalue weighted by Gasteiger charge is 2.44. The Kier molecular flexibility index (Phi) is 5.11. The molecule has 1 saturated heterocycles. The van der Waals surface area contributed by atoms with Crippen molar-refractivity contribution < 1.29 is 4.79 Å². The van der Waals surface area contributed by atoms with Crippen molar-refractivity contribution in [3.63, 3.8) is 0 Å². The minimum absolute atomic E-state index is 0.0216. The van der Waals surface area contributed by atoms with Crippen LogP contribution in [0.25, 0.3) is 0 Å². The molecule has 1 aliphatic heterocycles. The van der Waals surface area contributed by atoms with Crippen molar-refractivity contribution in [1.29, 1.82) is 0 Å². The second kappa shape index (κ2) is 7.14. The van der Waals surface area contributed by atoms with Crippen molar-refractivity contribution in [2.45, 2.75) is 32.2 Å². The number of carbonyl (C=O) groups is 1. The maximum atomic E-state index is 13.3. The van der Waals surface area contributed by atoms with Gasteiger partial charge in [0.15, 0.2) is 0 Å². The van der Waals surface area contributed by atoms with Gasteiger partial charge in [-0.3, -0.25) is 9.69 Å². The van der Waals surface area contributed by atoms with Crippen LogP contribution < -0.4 is 4.90 Å². The summed E-state index contributed by atoms with van der Waals surface area (Å²) in [4.78, 5) is 23.3. The summed E-state index contributed by atoms with van der Waals surface area (Å²) < 4.78 is 0. The van der Waals surface area contributed by atoms with Crippen molar-refractivity contribution in [2.24, 2.45) is 5.41 Å². The van der Waals surface area contributed by atoms with E-state index in [1.54, 1.807) is 23.2 Å². The van der Waals surface area contributed by atoms with Gasteiger partial charge in [-0.1, -0.05) is 36.7 Å². The number of aromatic nitrogens is 2. The summed E-state index contributed by atoms with van der Waals surface area (Å²) in [7, 11) is 0. The van der Waals surface area contributed by atoms with Gasteiger partial charge >= 0.3 is 0 Å². The standard InChI is InChI=1S/C19H19Cl2N3O/c1-3-10-19(2)11-8-15(13-4-6-14(20)7-5-13)24(17(19)25)16-9-12-22-18(21)23-16/h3-7,9,12,15H,1,8,10-11H2,2H3/t15?,19-/m0/s1. The molecule has 6 heteroatoms. The molecular formula is C19H19Cl2N3O. The Balaban J connectivity index is 2.06. The second-order valence-corrected chi connectivity index (χ2v) is 7.29. The largest absolute Gasteiger partial charge is 0.289 e. The molecule has 2 aromatic rings. The van der Waals surface area contributed by atoms with Crippen LogP contribution in [0.15, 0.2) is 49.2 Å². The van der Waals surface area contributed by atoms with Crippen molar-refractivity contribution >= 4 is 34.9 Å². The number of allylic oxidation sites excluding steroid dienone is 1. The SMILES string of the molecule is C=CC[C@@]1(C)CCC(c2ccc(Cl)cc2)N(c2ccnc(Cl)n2)C1=O. The molecule has 1 aromatic heterocycles. The molecule has 4 nitrogen and oxygen atoms in total. The average molecular weight is 376 g/mol. The molecule has 0 N–H and O–H groups in total. The summed E-state index contributed by atoms with van der Waals surface area (Å²) in [5, 5.41) is 0.787. The lowest BCUT2D eigenvalue weighted by molar-refractivity contribution is -0.130. The van der Waals surface area contributed by atoms with Crippen molar-refractivity contribution in [2.75, 3.05) is 4.90 Å². The Bertz CT molecular complexity index is 794. The van der Waals surface area contributed by atoms with E-state index in [0.717, 1.165) is 18.4 Å². The number of rotatable bonds is 4. The summed E-state index contributed by atoms with van der Waals surface area (Å²) in [6.45, 7) is 5.78. The Morgan fingerprint density at radius 1 is 1.32 bits per heavy atom. The van der Waals surface area contributed by atoms with Gasteiger partial charge in [0.25, 0.3) is 0 Å². The average Bonchev–Trinajstić information content (AvgIpc) is 2.58. The smallest absolute Gasteiger partial charge is 0.234 e. The highest BCUT2D eigenvalue weighted by Crippen LogP contribution is 2.44. The van der Waals surface area contributed by atoms with Crippen molar-refractivity contribution in [1.82, 2.24) is 9.97 Å². The van der Waals surface area contributed by atoms with Crippen LogP contribution in [0.3, 0.4) is 0 Å². The zero-order chi connectivity index (χ0) is 18.0. The molecule has 2 atom stereocenters. The minimum atomic E-state index is -0.498. The number of carbonyl (C=O) groups excluding carboxylic acids is 1. The van der Waals surface area contributed by atoms with Gasteiger partial charge in [0, 0.05) is 11.2 Å². The summed E-state index contributed by atoms with van der Waals surface area (Å²) in [6.07, 6.45) is 5.58. The van der Waals surface area contributed by atoms with Gasteiger partial charge in [0.05, 0.1) is 11.5 Å². The molecule has 25 heavy (non-hydrogen) atoms. The molecule has 3 rings (SSSR count). The normalized spacial score (nSPS) is 23.6. The van der Waals surface area contributed by atoms with E-state index >= 15 is 0 Å². The van der Waals surface area contributed by atoms with Gasteiger partial charge in [0.1, 0.15) is 5.82 Å². The molecule has 0 radical (unpaired) electrons. The monoisotopic (exact) mass is 375 g/mol. The van der Waals surface area contributed by atoms with E-state index < -0.39 is 5.41 Å². The second-order valence-electron chi connectivity index (χ2n) is 6.52. The molecule has 0 aliphatic carbocycles. The number of piperidine rings is 1.